The number of nitrogens with zero attached hydrogens (tertiary/aromatic N) is 1. The van der Waals surface area contributed by atoms with Crippen molar-refractivity contribution in [2.24, 2.45) is 0 Å². The molecular weight excluding hydrogens is 412 g/mol. The lowest BCUT2D eigenvalue weighted by Gasteiger charge is -2.09. The number of benzene rings is 1. The molecule has 10 heteroatoms. The number of amides is 1. The van der Waals surface area contributed by atoms with Crippen LogP contribution in [0.2, 0.25) is 0 Å². The minimum Gasteiger partial charge on any atom is -0.461 e. The van der Waals surface area contributed by atoms with E-state index in [-0.39, 0.29) is 36.6 Å². The van der Waals surface area contributed by atoms with Crippen molar-refractivity contribution < 1.29 is 23.5 Å². The molecule has 1 N–H and O–H groups in total. The summed E-state index contributed by atoms with van der Waals surface area (Å²) in [6.07, 6.45) is -0.589. The fourth-order valence-corrected chi connectivity index (χ4v) is 3.58. The van der Waals surface area contributed by atoms with Gasteiger partial charge in [0.25, 0.3) is 0 Å². The molecule has 3 aromatic rings. The Morgan fingerprint density at radius 1 is 1.20 bits per heavy atom. The van der Waals surface area contributed by atoms with Gasteiger partial charge in [-0.1, -0.05) is 11.3 Å². The van der Waals surface area contributed by atoms with Gasteiger partial charge in [0.05, 0.1) is 13.0 Å². The van der Waals surface area contributed by atoms with Crippen molar-refractivity contribution in [1.29, 1.82) is 0 Å². The number of anilines is 1. The fourth-order valence-electron chi connectivity index (χ4n) is 2.82. The molecule has 0 aliphatic rings. The van der Waals surface area contributed by atoms with Crippen molar-refractivity contribution >= 4 is 40.1 Å². The smallest absolute Gasteiger partial charge is 0.411 e. The van der Waals surface area contributed by atoms with Crippen molar-refractivity contribution in [2.75, 3.05) is 11.9 Å². The van der Waals surface area contributed by atoms with Gasteiger partial charge in [-0.15, -0.1) is 0 Å². The van der Waals surface area contributed by atoms with Crippen LogP contribution < -0.4 is 15.8 Å². The number of aryl methyl sites for hydroxylation is 1. The number of rotatable bonds is 7. The Morgan fingerprint density at radius 2 is 2.00 bits per heavy atom. The van der Waals surface area contributed by atoms with Crippen LogP contribution in [0, 0.1) is 6.92 Å². The van der Waals surface area contributed by atoms with Crippen molar-refractivity contribution in [3.05, 3.63) is 61.0 Å². The van der Waals surface area contributed by atoms with Gasteiger partial charge in [-0.05, 0) is 26.0 Å². The molecule has 0 atom stereocenters. The Hall–Kier alpha value is -3.40. The van der Waals surface area contributed by atoms with Crippen LogP contribution >= 0.6 is 11.3 Å². The second-order valence-electron chi connectivity index (χ2n) is 6.35. The number of nitrogens with one attached hydrogen (secondary N) is 1. The summed E-state index contributed by atoms with van der Waals surface area (Å²) in [5, 5.41) is 4.83. The van der Waals surface area contributed by atoms with E-state index in [0.29, 0.717) is 16.6 Å². The summed E-state index contributed by atoms with van der Waals surface area (Å²) in [7, 11) is 0. The Bertz CT molecular complexity index is 1190. The third kappa shape index (κ3) is 5.15. The minimum atomic E-state index is -0.621. The summed E-state index contributed by atoms with van der Waals surface area (Å²) in [6.45, 7) is 3.82. The van der Waals surface area contributed by atoms with E-state index in [0.717, 1.165) is 17.0 Å². The van der Waals surface area contributed by atoms with Crippen molar-refractivity contribution in [1.82, 2.24) is 4.57 Å². The van der Waals surface area contributed by atoms with Gasteiger partial charge in [-0.2, -0.15) is 0 Å². The lowest BCUT2D eigenvalue weighted by molar-refractivity contribution is -0.145. The second-order valence-corrected chi connectivity index (χ2v) is 7.17. The number of aromatic nitrogens is 1. The van der Waals surface area contributed by atoms with Gasteiger partial charge >= 0.3 is 22.6 Å². The number of ether oxygens (including phenoxy) is 2. The zero-order chi connectivity index (χ0) is 21.7. The van der Waals surface area contributed by atoms with Crippen LogP contribution in [-0.4, -0.2) is 23.2 Å². The highest BCUT2D eigenvalue weighted by molar-refractivity contribution is 7.07. The average molecular weight is 432 g/mol. The van der Waals surface area contributed by atoms with E-state index in [2.05, 4.69) is 5.32 Å². The summed E-state index contributed by atoms with van der Waals surface area (Å²) in [5.74, 6) is -0.491. The Kier molecular flexibility index (Phi) is 6.68. The Labute approximate surface area is 174 Å². The molecule has 158 valence electrons. The first-order valence-corrected chi connectivity index (χ1v) is 10.1. The predicted octanol–water partition coefficient (Wildman–Crippen LogP) is 3.03. The van der Waals surface area contributed by atoms with Crippen LogP contribution in [0.4, 0.5) is 10.5 Å². The second kappa shape index (κ2) is 9.40. The maximum atomic E-state index is 12.1. The molecule has 2 aromatic heterocycles. The van der Waals surface area contributed by atoms with Gasteiger partial charge in [-0.25, -0.2) is 9.59 Å². The highest BCUT2D eigenvalue weighted by Crippen LogP contribution is 2.22. The summed E-state index contributed by atoms with van der Waals surface area (Å²) in [4.78, 5) is 47.1. The third-order valence-corrected chi connectivity index (χ3v) is 5.14. The standard InChI is InChI=1S/C20H20N2O7S/c1-3-27-19(25)21-14-4-5-15-13(8-18(24)29-16(15)9-14)10-28-17(23)6-7-22-12(2)11-30-20(22)26/h4-5,8-9,11H,3,6-7,10H2,1-2H3,(H,21,25). The van der Waals surface area contributed by atoms with Gasteiger partial charge < -0.3 is 18.5 Å². The minimum absolute atomic E-state index is 0.0322. The number of hydrogen-bond donors (Lipinski definition) is 1. The lowest BCUT2D eigenvalue weighted by Crippen LogP contribution is -2.18. The van der Waals surface area contributed by atoms with Crippen LogP contribution in [0.1, 0.15) is 24.6 Å². The number of carbonyl (C=O) groups is 2. The average Bonchev–Trinajstić information content (AvgIpc) is 3.01. The molecule has 0 unspecified atom stereocenters. The largest absolute Gasteiger partial charge is 0.461 e. The molecular formula is C20H20N2O7S. The zero-order valence-electron chi connectivity index (χ0n) is 16.4. The topological polar surface area (TPSA) is 117 Å². The third-order valence-electron chi connectivity index (χ3n) is 4.26. The summed E-state index contributed by atoms with van der Waals surface area (Å²) < 4.78 is 16.8. The van der Waals surface area contributed by atoms with Gasteiger partial charge in [0.15, 0.2) is 0 Å². The molecule has 1 amide bonds. The summed E-state index contributed by atoms with van der Waals surface area (Å²) >= 11 is 1.08. The summed E-state index contributed by atoms with van der Waals surface area (Å²) in [5.41, 5.74) is 1.29. The molecule has 1 aromatic carbocycles. The van der Waals surface area contributed by atoms with Crippen molar-refractivity contribution in [3.8, 4) is 0 Å². The SMILES string of the molecule is CCOC(=O)Nc1ccc2c(COC(=O)CCn3c(C)csc3=O)cc(=O)oc2c1. The number of esters is 1. The first-order chi connectivity index (χ1) is 14.4. The van der Waals surface area contributed by atoms with Crippen LogP contribution in [0.15, 0.2) is 43.7 Å². The van der Waals surface area contributed by atoms with E-state index in [1.807, 2.05) is 0 Å². The molecule has 3 rings (SSSR count). The molecule has 0 fully saturated rings. The van der Waals surface area contributed by atoms with Crippen molar-refractivity contribution in [2.45, 2.75) is 33.4 Å². The van der Waals surface area contributed by atoms with E-state index >= 15 is 0 Å². The van der Waals surface area contributed by atoms with Crippen LogP contribution in [0.3, 0.4) is 0 Å². The Morgan fingerprint density at radius 3 is 2.70 bits per heavy atom. The van der Waals surface area contributed by atoms with Crippen molar-refractivity contribution in [3.63, 3.8) is 0 Å². The lowest BCUT2D eigenvalue weighted by atomic mass is 10.1. The first kappa shape index (κ1) is 21.3. The van der Waals surface area contributed by atoms with E-state index in [1.165, 1.54) is 16.7 Å². The molecule has 9 nitrogen and oxygen atoms in total. The highest BCUT2D eigenvalue weighted by Gasteiger charge is 2.12. The number of fused-ring (bicyclic) bond motifs is 1. The van der Waals surface area contributed by atoms with E-state index in [1.54, 1.807) is 31.4 Å². The van der Waals surface area contributed by atoms with Gasteiger partial charge in [0.2, 0.25) is 0 Å². The van der Waals surface area contributed by atoms with Crippen LogP contribution in [-0.2, 0) is 27.4 Å². The van der Waals surface area contributed by atoms with E-state index in [4.69, 9.17) is 13.9 Å². The highest BCUT2D eigenvalue weighted by atomic mass is 32.1. The van der Waals surface area contributed by atoms with Crippen LogP contribution in [0.25, 0.3) is 11.0 Å². The maximum absolute atomic E-state index is 12.1. The molecule has 2 heterocycles. The molecule has 0 aliphatic heterocycles. The predicted molar refractivity (Wildman–Crippen MR) is 111 cm³/mol. The number of thiazole rings is 1. The molecule has 0 saturated carbocycles. The molecule has 0 spiro atoms. The zero-order valence-corrected chi connectivity index (χ0v) is 17.2. The monoisotopic (exact) mass is 432 g/mol. The molecule has 0 bridgehead atoms. The first-order valence-electron chi connectivity index (χ1n) is 9.18. The molecule has 0 saturated heterocycles. The molecule has 30 heavy (non-hydrogen) atoms. The quantitative estimate of drug-likeness (QED) is 0.450. The molecule has 0 aliphatic carbocycles. The maximum Gasteiger partial charge on any atom is 0.411 e. The van der Waals surface area contributed by atoms with E-state index < -0.39 is 17.7 Å². The van der Waals surface area contributed by atoms with Gasteiger partial charge in [-0.3, -0.25) is 14.9 Å². The fraction of sp³-hybridized carbons (Fsp3) is 0.300. The van der Waals surface area contributed by atoms with Gasteiger partial charge in [0.1, 0.15) is 12.2 Å². The molecule has 0 radical (unpaired) electrons. The summed E-state index contributed by atoms with van der Waals surface area (Å²) in [6, 6.07) is 6.01. The normalized spacial score (nSPS) is 10.7. The number of carbonyl (C=O) groups excluding carboxylic acids is 2. The van der Waals surface area contributed by atoms with Gasteiger partial charge in [0, 0.05) is 46.4 Å². The van der Waals surface area contributed by atoms with Crippen LogP contribution in [0.5, 0.6) is 0 Å². The number of hydrogen-bond acceptors (Lipinski definition) is 8. The Balaban J connectivity index is 1.69. The van der Waals surface area contributed by atoms with E-state index in [9.17, 15) is 19.2 Å².